The molecule has 0 amide bonds. The number of benzene rings is 1. The molecule has 34 heavy (non-hydrogen) atoms. The normalized spacial score (nSPS) is 26.6. The maximum absolute atomic E-state index is 14.8. The van der Waals surface area contributed by atoms with Crippen molar-refractivity contribution >= 4 is 22.6 Å². The first-order chi connectivity index (χ1) is 16.1. The SMILES string of the molecule is CCCC1CCC(C2CCC(C(F)(F)Oc3cc(F)c(O/C=C(/I)C(F)F)c(F)c3)CC2)CC1. The number of rotatable bonds is 9. The second-order valence-electron chi connectivity index (χ2n) is 9.48. The Hall–Kier alpha value is -1.13. The Kier molecular flexibility index (Phi) is 9.86. The maximum atomic E-state index is 14.8. The summed E-state index contributed by atoms with van der Waals surface area (Å²) in [5.41, 5.74) is 0. The van der Waals surface area contributed by atoms with Crippen LogP contribution in [0.5, 0.6) is 11.5 Å². The zero-order chi connectivity index (χ0) is 24.9. The Morgan fingerprint density at radius 2 is 1.53 bits per heavy atom. The number of hydrogen-bond donors (Lipinski definition) is 0. The summed E-state index contributed by atoms with van der Waals surface area (Å²) in [5, 5.41) is 0. The van der Waals surface area contributed by atoms with E-state index in [1.165, 1.54) is 61.1 Å². The first-order valence-electron chi connectivity index (χ1n) is 12.0. The average Bonchev–Trinajstić information content (AvgIpc) is 2.79. The molecule has 3 rings (SSSR count). The molecule has 2 fully saturated rings. The Morgan fingerprint density at radius 3 is 2.03 bits per heavy atom. The molecule has 2 saturated carbocycles. The zero-order valence-corrected chi connectivity index (χ0v) is 21.3. The lowest BCUT2D eigenvalue weighted by molar-refractivity contribution is -0.224. The van der Waals surface area contributed by atoms with E-state index in [0.29, 0.717) is 55.9 Å². The molecular weight excluding hydrogens is 573 g/mol. The summed E-state index contributed by atoms with van der Waals surface area (Å²) >= 11 is 1.27. The Bertz CT molecular complexity index is 808. The third-order valence-corrected chi connectivity index (χ3v) is 7.95. The van der Waals surface area contributed by atoms with E-state index in [1.807, 2.05) is 0 Å². The zero-order valence-electron chi connectivity index (χ0n) is 19.2. The molecule has 0 heterocycles. The van der Waals surface area contributed by atoms with E-state index < -0.39 is 45.2 Å². The van der Waals surface area contributed by atoms with Crippen molar-refractivity contribution in [3.63, 3.8) is 0 Å². The van der Waals surface area contributed by atoms with Crippen molar-refractivity contribution in [2.45, 2.75) is 83.7 Å². The molecule has 2 aliphatic carbocycles. The highest BCUT2D eigenvalue weighted by molar-refractivity contribution is 14.1. The van der Waals surface area contributed by atoms with Crippen LogP contribution in [0.4, 0.5) is 26.3 Å². The van der Waals surface area contributed by atoms with E-state index in [4.69, 9.17) is 4.74 Å². The number of alkyl halides is 4. The molecule has 1 aromatic carbocycles. The average molecular weight is 604 g/mol. The quantitative estimate of drug-likeness (QED) is 0.159. The van der Waals surface area contributed by atoms with Crippen molar-refractivity contribution in [3.05, 3.63) is 33.6 Å². The van der Waals surface area contributed by atoms with Gasteiger partial charge in [-0.2, -0.15) is 8.78 Å². The van der Waals surface area contributed by atoms with Gasteiger partial charge in [-0.1, -0.05) is 32.6 Å². The minimum Gasteiger partial charge on any atom is -0.458 e. The summed E-state index contributed by atoms with van der Waals surface area (Å²) in [4.78, 5) is 0. The largest absolute Gasteiger partial charge is 0.458 e. The van der Waals surface area contributed by atoms with Crippen LogP contribution in [-0.4, -0.2) is 12.5 Å². The van der Waals surface area contributed by atoms with Crippen LogP contribution >= 0.6 is 22.6 Å². The van der Waals surface area contributed by atoms with Crippen molar-refractivity contribution in [1.29, 1.82) is 0 Å². The Labute approximate surface area is 210 Å². The number of halogens is 7. The summed E-state index contributed by atoms with van der Waals surface area (Å²) in [7, 11) is 0. The summed E-state index contributed by atoms with van der Waals surface area (Å²) < 4.78 is 91.8. The van der Waals surface area contributed by atoms with Gasteiger partial charge in [0.25, 0.3) is 6.43 Å². The summed E-state index contributed by atoms with van der Waals surface area (Å²) in [6.07, 6.45) is 3.36. The molecule has 0 aromatic heterocycles. The van der Waals surface area contributed by atoms with Gasteiger partial charge in [0.2, 0.25) is 0 Å². The lowest BCUT2D eigenvalue weighted by Crippen LogP contribution is -2.38. The first-order valence-corrected chi connectivity index (χ1v) is 13.0. The summed E-state index contributed by atoms with van der Waals surface area (Å²) in [6.45, 7) is 2.20. The van der Waals surface area contributed by atoms with Crippen LogP contribution in [-0.2, 0) is 0 Å². The molecule has 2 nitrogen and oxygen atoms in total. The standard InChI is InChI=1S/C25H31F6IO2/c1-2-3-15-4-6-16(7-5-15)17-8-10-18(11-9-17)25(30,31)34-19-12-20(26)23(21(27)13-19)33-14-22(32)24(28)29/h12-18,24H,2-11H2,1H3/b22-14+. The van der Waals surface area contributed by atoms with Crippen molar-refractivity contribution in [1.82, 2.24) is 0 Å². The van der Waals surface area contributed by atoms with Crippen LogP contribution in [0.15, 0.2) is 22.0 Å². The number of ether oxygens (including phenoxy) is 2. The van der Waals surface area contributed by atoms with Gasteiger partial charge < -0.3 is 9.47 Å². The molecular formula is C25H31F6IO2. The predicted octanol–water partition coefficient (Wildman–Crippen LogP) is 9.27. The van der Waals surface area contributed by atoms with Crippen molar-refractivity contribution in [3.8, 4) is 11.5 Å². The molecule has 0 unspecified atom stereocenters. The predicted molar refractivity (Wildman–Crippen MR) is 126 cm³/mol. The van der Waals surface area contributed by atoms with Gasteiger partial charge in [-0.25, -0.2) is 17.6 Å². The van der Waals surface area contributed by atoms with E-state index in [9.17, 15) is 26.3 Å². The highest BCUT2D eigenvalue weighted by Gasteiger charge is 2.45. The van der Waals surface area contributed by atoms with Gasteiger partial charge in [0, 0.05) is 12.1 Å². The van der Waals surface area contributed by atoms with Crippen LogP contribution in [0.2, 0.25) is 0 Å². The van der Waals surface area contributed by atoms with Gasteiger partial charge in [0.15, 0.2) is 17.4 Å². The van der Waals surface area contributed by atoms with Gasteiger partial charge in [-0.05, 0) is 78.9 Å². The third kappa shape index (κ3) is 7.20. The molecule has 0 bridgehead atoms. The smallest absolute Gasteiger partial charge is 0.400 e. The van der Waals surface area contributed by atoms with E-state index in [-0.39, 0.29) is 0 Å². The van der Waals surface area contributed by atoms with Crippen LogP contribution in [0.3, 0.4) is 0 Å². The summed E-state index contributed by atoms with van der Waals surface area (Å²) in [5.74, 6) is -3.44. The van der Waals surface area contributed by atoms with E-state index in [2.05, 4.69) is 11.7 Å². The van der Waals surface area contributed by atoms with Crippen LogP contribution in [0, 0.1) is 35.3 Å². The van der Waals surface area contributed by atoms with Gasteiger partial charge in [-0.15, -0.1) is 0 Å². The Morgan fingerprint density at radius 1 is 1.00 bits per heavy atom. The molecule has 0 aliphatic heterocycles. The van der Waals surface area contributed by atoms with Gasteiger partial charge in [0.05, 0.1) is 9.50 Å². The number of hydrogen-bond acceptors (Lipinski definition) is 2. The third-order valence-electron chi connectivity index (χ3n) is 7.23. The maximum Gasteiger partial charge on any atom is 0.400 e. The fraction of sp³-hybridized carbons (Fsp3) is 0.680. The van der Waals surface area contributed by atoms with Crippen molar-refractivity contribution in [2.24, 2.45) is 23.7 Å². The monoisotopic (exact) mass is 604 g/mol. The minimum atomic E-state index is -3.57. The highest BCUT2D eigenvalue weighted by atomic mass is 127. The molecule has 1 aromatic rings. The molecule has 0 radical (unpaired) electrons. The van der Waals surface area contributed by atoms with Gasteiger partial charge >= 0.3 is 6.11 Å². The van der Waals surface area contributed by atoms with Crippen LogP contribution in [0.25, 0.3) is 0 Å². The molecule has 2 aliphatic rings. The van der Waals surface area contributed by atoms with E-state index >= 15 is 0 Å². The molecule has 0 atom stereocenters. The lowest BCUT2D eigenvalue weighted by Gasteiger charge is -2.39. The van der Waals surface area contributed by atoms with Crippen LogP contribution in [0.1, 0.15) is 71.1 Å². The molecule has 192 valence electrons. The van der Waals surface area contributed by atoms with Crippen molar-refractivity contribution in [2.75, 3.05) is 0 Å². The molecule has 9 heteroatoms. The van der Waals surface area contributed by atoms with Crippen molar-refractivity contribution < 1.29 is 35.8 Å². The second-order valence-corrected chi connectivity index (χ2v) is 10.7. The van der Waals surface area contributed by atoms with E-state index in [0.717, 1.165) is 5.92 Å². The molecule has 0 spiro atoms. The minimum absolute atomic E-state index is 0.301. The lowest BCUT2D eigenvalue weighted by atomic mass is 9.68. The second kappa shape index (κ2) is 12.2. The fourth-order valence-electron chi connectivity index (χ4n) is 5.40. The summed E-state index contributed by atoms with van der Waals surface area (Å²) in [6, 6.07) is 1.16. The molecule has 0 saturated heterocycles. The van der Waals surface area contributed by atoms with E-state index in [1.54, 1.807) is 0 Å². The van der Waals surface area contributed by atoms with Gasteiger partial charge in [-0.3, -0.25) is 0 Å². The number of allylic oxidation sites excluding steroid dienone is 1. The highest BCUT2D eigenvalue weighted by Crippen LogP contribution is 2.46. The van der Waals surface area contributed by atoms with Gasteiger partial charge in [0.1, 0.15) is 12.0 Å². The first kappa shape index (κ1) is 27.5. The fourth-order valence-corrected chi connectivity index (χ4v) is 5.53. The molecule has 0 N–H and O–H groups in total. The topological polar surface area (TPSA) is 18.5 Å². The van der Waals surface area contributed by atoms with Crippen LogP contribution < -0.4 is 9.47 Å². The Balaban J connectivity index is 1.55.